The van der Waals surface area contributed by atoms with E-state index in [1.165, 1.54) is 0 Å². The van der Waals surface area contributed by atoms with Crippen molar-refractivity contribution in [1.29, 1.82) is 0 Å². The van der Waals surface area contributed by atoms with Gasteiger partial charge in [-0.15, -0.1) is 0 Å². The van der Waals surface area contributed by atoms with Gasteiger partial charge < -0.3 is 10.6 Å². The van der Waals surface area contributed by atoms with Crippen LogP contribution in [-0.4, -0.2) is 21.6 Å². The summed E-state index contributed by atoms with van der Waals surface area (Å²) >= 11 is 12.1. The number of hydrogen-bond donors (Lipinski definition) is 2. The van der Waals surface area contributed by atoms with E-state index in [0.29, 0.717) is 16.5 Å². The molecule has 0 saturated carbocycles. The fraction of sp³-hybridized carbons (Fsp3) is 0.150. The number of aryl methyl sites for hydroxylation is 1. The predicted molar refractivity (Wildman–Crippen MR) is 110 cm³/mol. The quantitative estimate of drug-likeness (QED) is 0.649. The minimum Gasteiger partial charge on any atom is -0.325 e. The van der Waals surface area contributed by atoms with Crippen molar-refractivity contribution in [2.24, 2.45) is 0 Å². The van der Waals surface area contributed by atoms with Crippen LogP contribution in [0.2, 0.25) is 10.0 Å². The highest BCUT2D eigenvalue weighted by molar-refractivity contribution is 6.44. The maximum Gasteiger partial charge on any atom is 0.251 e. The van der Waals surface area contributed by atoms with E-state index < -0.39 is 6.04 Å². The fourth-order valence-electron chi connectivity index (χ4n) is 3.31. The average molecular weight is 415 g/mol. The molecule has 6 nitrogen and oxygen atoms in total. The summed E-state index contributed by atoms with van der Waals surface area (Å²) in [5.74, 6) is -0.0223. The number of carbonyl (C=O) groups excluding carboxylic acids is 2. The van der Waals surface area contributed by atoms with Crippen molar-refractivity contribution in [2.75, 3.05) is 10.6 Å². The van der Waals surface area contributed by atoms with E-state index in [9.17, 15) is 9.59 Å². The maximum atomic E-state index is 12.5. The molecule has 1 unspecified atom stereocenters. The second-order valence-electron chi connectivity index (χ2n) is 6.48. The van der Waals surface area contributed by atoms with Crippen LogP contribution in [0, 0.1) is 6.92 Å². The summed E-state index contributed by atoms with van der Waals surface area (Å²) in [6.45, 7) is 1.88. The second kappa shape index (κ2) is 7.30. The van der Waals surface area contributed by atoms with Crippen LogP contribution in [0.3, 0.4) is 0 Å². The van der Waals surface area contributed by atoms with Crippen LogP contribution in [0.4, 0.5) is 11.5 Å². The predicted octanol–water partition coefficient (Wildman–Crippen LogP) is 4.69. The number of halogens is 2. The van der Waals surface area contributed by atoms with Crippen molar-refractivity contribution < 1.29 is 9.59 Å². The zero-order valence-electron chi connectivity index (χ0n) is 14.9. The standard InChI is InChI=1S/C20H16Cl2N4O2/c1-11-17(12-6-3-2-4-7-12)19-24-20(28)15(26(19)25-11)10-16(27)23-14-9-5-8-13(21)18(14)22/h2-9,15H,10H2,1H3,(H,23,27)(H,24,28). The highest BCUT2D eigenvalue weighted by Crippen LogP contribution is 2.38. The number of carbonyl (C=O) groups is 2. The van der Waals surface area contributed by atoms with E-state index in [0.717, 1.165) is 16.8 Å². The first-order valence-electron chi connectivity index (χ1n) is 8.65. The summed E-state index contributed by atoms with van der Waals surface area (Å²) in [5.41, 5.74) is 3.00. The largest absolute Gasteiger partial charge is 0.325 e. The maximum absolute atomic E-state index is 12.5. The molecule has 28 heavy (non-hydrogen) atoms. The van der Waals surface area contributed by atoms with Crippen LogP contribution >= 0.6 is 23.2 Å². The smallest absolute Gasteiger partial charge is 0.251 e. The van der Waals surface area contributed by atoms with Crippen molar-refractivity contribution in [1.82, 2.24) is 9.78 Å². The molecule has 1 aliphatic rings. The van der Waals surface area contributed by atoms with Crippen LogP contribution in [0.5, 0.6) is 0 Å². The Morgan fingerprint density at radius 2 is 1.93 bits per heavy atom. The van der Waals surface area contributed by atoms with Gasteiger partial charge in [0, 0.05) is 5.56 Å². The molecule has 0 bridgehead atoms. The van der Waals surface area contributed by atoms with E-state index in [1.54, 1.807) is 22.9 Å². The molecule has 3 aromatic rings. The van der Waals surface area contributed by atoms with Crippen molar-refractivity contribution in [2.45, 2.75) is 19.4 Å². The van der Waals surface area contributed by atoms with Gasteiger partial charge in [-0.25, -0.2) is 4.68 Å². The molecule has 0 spiro atoms. The van der Waals surface area contributed by atoms with Gasteiger partial charge >= 0.3 is 0 Å². The SMILES string of the molecule is Cc1nn2c(c1-c1ccccc1)NC(=O)C2CC(=O)Nc1cccc(Cl)c1Cl. The Hall–Kier alpha value is -2.83. The lowest BCUT2D eigenvalue weighted by molar-refractivity contribution is -0.123. The molecule has 0 fully saturated rings. The highest BCUT2D eigenvalue weighted by atomic mass is 35.5. The van der Waals surface area contributed by atoms with Crippen molar-refractivity contribution in [3.63, 3.8) is 0 Å². The molecular formula is C20H16Cl2N4O2. The van der Waals surface area contributed by atoms with Gasteiger partial charge in [-0.1, -0.05) is 59.6 Å². The number of rotatable bonds is 4. The summed E-state index contributed by atoms with van der Waals surface area (Å²) < 4.78 is 1.58. The zero-order valence-corrected chi connectivity index (χ0v) is 16.4. The number of fused-ring (bicyclic) bond motifs is 1. The Labute approximate surface area is 171 Å². The van der Waals surface area contributed by atoms with Gasteiger partial charge in [0.25, 0.3) is 5.91 Å². The molecule has 2 heterocycles. The van der Waals surface area contributed by atoms with Gasteiger partial charge in [0.15, 0.2) is 0 Å². The Morgan fingerprint density at radius 1 is 1.18 bits per heavy atom. The van der Waals surface area contributed by atoms with Gasteiger partial charge in [-0.05, 0) is 24.6 Å². The van der Waals surface area contributed by atoms with E-state index in [-0.39, 0.29) is 23.3 Å². The summed E-state index contributed by atoms with van der Waals surface area (Å²) in [6, 6.07) is 13.9. The number of amides is 2. The lowest BCUT2D eigenvalue weighted by Crippen LogP contribution is -2.24. The Balaban J connectivity index is 1.59. The summed E-state index contributed by atoms with van der Waals surface area (Å²) in [4.78, 5) is 25.0. The summed E-state index contributed by atoms with van der Waals surface area (Å²) in [5, 5.41) is 10.7. The molecule has 0 radical (unpaired) electrons. The zero-order chi connectivity index (χ0) is 19.8. The van der Waals surface area contributed by atoms with Crippen LogP contribution in [-0.2, 0) is 9.59 Å². The third-order valence-corrected chi connectivity index (χ3v) is 5.41. The van der Waals surface area contributed by atoms with E-state index in [2.05, 4.69) is 15.7 Å². The average Bonchev–Trinajstić information content (AvgIpc) is 3.14. The Kier molecular flexibility index (Phi) is 4.83. The molecule has 1 aliphatic heterocycles. The van der Waals surface area contributed by atoms with Crippen molar-refractivity contribution in [3.05, 3.63) is 64.3 Å². The normalized spacial score (nSPS) is 15.2. The lowest BCUT2D eigenvalue weighted by atomic mass is 10.1. The minimum atomic E-state index is -0.732. The molecular weight excluding hydrogens is 399 g/mol. The van der Waals surface area contributed by atoms with Crippen molar-refractivity contribution in [3.8, 4) is 11.1 Å². The summed E-state index contributed by atoms with van der Waals surface area (Å²) in [6.07, 6.45) is -0.0724. The fourth-order valence-corrected chi connectivity index (χ4v) is 3.66. The molecule has 8 heteroatoms. The second-order valence-corrected chi connectivity index (χ2v) is 7.26. The molecule has 2 amide bonds. The first-order valence-corrected chi connectivity index (χ1v) is 9.40. The van der Waals surface area contributed by atoms with E-state index >= 15 is 0 Å². The first-order chi connectivity index (χ1) is 13.5. The number of anilines is 2. The van der Waals surface area contributed by atoms with Gasteiger partial charge in [-0.2, -0.15) is 5.10 Å². The first kappa shape index (κ1) is 18.5. The third kappa shape index (κ3) is 3.25. The molecule has 0 saturated heterocycles. The Bertz CT molecular complexity index is 1080. The number of benzene rings is 2. The molecule has 142 valence electrons. The monoisotopic (exact) mass is 414 g/mol. The Morgan fingerprint density at radius 3 is 2.68 bits per heavy atom. The molecule has 1 atom stereocenters. The molecule has 2 aromatic carbocycles. The van der Waals surface area contributed by atoms with Crippen LogP contribution in [0.15, 0.2) is 48.5 Å². The molecule has 2 N–H and O–H groups in total. The lowest BCUT2D eigenvalue weighted by Gasteiger charge is -2.11. The van der Waals surface area contributed by atoms with Gasteiger partial charge in [0.2, 0.25) is 5.91 Å². The van der Waals surface area contributed by atoms with Gasteiger partial charge in [0.1, 0.15) is 11.9 Å². The number of aromatic nitrogens is 2. The van der Waals surface area contributed by atoms with Crippen LogP contribution in [0.25, 0.3) is 11.1 Å². The minimum absolute atomic E-state index is 0.0724. The van der Waals surface area contributed by atoms with E-state index in [1.807, 2.05) is 37.3 Å². The van der Waals surface area contributed by atoms with Gasteiger partial charge in [-0.3, -0.25) is 9.59 Å². The summed E-state index contributed by atoms with van der Waals surface area (Å²) in [7, 11) is 0. The number of hydrogen-bond acceptors (Lipinski definition) is 3. The van der Waals surface area contributed by atoms with Crippen LogP contribution < -0.4 is 10.6 Å². The molecule has 0 aliphatic carbocycles. The molecule has 4 rings (SSSR count). The van der Waals surface area contributed by atoms with Gasteiger partial charge in [0.05, 0.1) is 27.8 Å². The number of nitrogens with zero attached hydrogens (tertiary/aromatic N) is 2. The van der Waals surface area contributed by atoms with Crippen LogP contribution in [0.1, 0.15) is 18.2 Å². The topological polar surface area (TPSA) is 76.0 Å². The number of nitrogens with one attached hydrogen (secondary N) is 2. The van der Waals surface area contributed by atoms with E-state index in [4.69, 9.17) is 23.2 Å². The third-order valence-electron chi connectivity index (χ3n) is 4.59. The van der Waals surface area contributed by atoms with Crippen molar-refractivity contribution >= 4 is 46.5 Å². The molecule has 1 aromatic heterocycles. The highest BCUT2D eigenvalue weighted by Gasteiger charge is 2.36.